The predicted octanol–water partition coefficient (Wildman–Crippen LogP) is -0.342. The van der Waals surface area contributed by atoms with Crippen molar-refractivity contribution in [1.82, 2.24) is 4.90 Å². The van der Waals surface area contributed by atoms with Gasteiger partial charge in [0, 0.05) is 19.5 Å². The van der Waals surface area contributed by atoms with Crippen LogP contribution in [0.2, 0.25) is 0 Å². The molecule has 2 N–H and O–H groups in total. The lowest BCUT2D eigenvalue weighted by Gasteiger charge is -2.33. The molecular weight excluding hydrogens is 147 g/mol. The van der Waals surface area contributed by atoms with Crippen molar-refractivity contribution in [3.05, 3.63) is 0 Å². The van der Waals surface area contributed by atoms with Crippen LogP contribution in [-0.4, -0.2) is 35.6 Å². The van der Waals surface area contributed by atoms with E-state index in [1.165, 1.54) is 0 Å². The summed E-state index contributed by atoms with van der Waals surface area (Å²) >= 11 is 0. The van der Waals surface area contributed by atoms with Gasteiger partial charge in [0.1, 0.15) is 11.7 Å². The first-order valence-corrected chi connectivity index (χ1v) is 3.87. The van der Waals surface area contributed by atoms with E-state index in [9.17, 15) is 9.18 Å². The molecule has 1 heterocycles. The van der Waals surface area contributed by atoms with Gasteiger partial charge in [0.15, 0.2) is 0 Å². The summed E-state index contributed by atoms with van der Waals surface area (Å²) in [5.41, 5.74) is 4.34. The minimum absolute atomic E-state index is 0.198. The molecular formula is C7H11FN2O. The molecule has 2 rings (SSSR count). The highest BCUT2D eigenvalue weighted by Crippen LogP contribution is 2.38. The fourth-order valence-electron chi connectivity index (χ4n) is 1.27. The van der Waals surface area contributed by atoms with Crippen molar-refractivity contribution in [1.29, 1.82) is 0 Å². The number of carbonyl (C=O) groups is 1. The van der Waals surface area contributed by atoms with Crippen LogP contribution in [0, 0.1) is 0 Å². The fraction of sp³-hybridized carbons (Fsp3) is 0.857. The zero-order valence-electron chi connectivity index (χ0n) is 6.22. The fourth-order valence-corrected chi connectivity index (χ4v) is 1.27. The summed E-state index contributed by atoms with van der Waals surface area (Å²) in [6.07, 6.45) is 0.136. The Morgan fingerprint density at radius 3 is 2.45 bits per heavy atom. The molecule has 1 aliphatic carbocycles. The summed E-state index contributed by atoms with van der Waals surface area (Å²) in [4.78, 5) is 12.9. The van der Waals surface area contributed by atoms with Crippen LogP contribution in [0.25, 0.3) is 0 Å². The van der Waals surface area contributed by atoms with Gasteiger partial charge in [0.05, 0.1) is 0 Å². The van der Waals surface area contributed by atoms with E-state index >= 15 is 0 Å². The Kier molecular flexibility index (Phi) is 1.24. The van der Waals surface area contributed by atoms with Crippen LogP contribution in [0.3, 0.4) is 0 Å². The molecule has 3 nitrogen and oxygen atoms in total. The first-order chi connectivity index (χ1) is 5.14. The maximum atomic E-state index is 12.6. The van der Waals surface area contributed by atoms with Crippen molar-refractivity contribution in [2.45, 2.75) is 24.6 Å². The van der Waals surface area contributed by atoms with Crippen LogP contribution < -0.4 is 5.73 Å². The molecule has 2 aliphatic rings. The average molecular weight is 158 g/mol. The Labute approximate surface area is 64.3 Å². The zero-order valence-corrected chi connectivity index (χ0v) is 6.22. The van der Waals surface area contributed by atoms with Crippen LogP contribution in [-0.2, 0) is 4.79 Å². The number of alkyl halides is 1. The molecule has 1 amide bonds. The minimum Gasteiger partial charge on any atom is -0.341 e. The lowest BCUT2D eigenvalue weighted by molar-refractivity contribution is -0.137. The van der Waals surface area contributed by atoms with Gasteiger partial charge in [-0.15, -0.1) is 0 Å². The van der Waals surface area contributed by atoms with Crippen LogP contribution in [0.1, 0.15) is 12.8 Å². The zero-order chi connectivity index (χ0) is 8.06. The van der Waals surface area contributed by atoms with Gasteiger partial charge >= 0.3 is 0 Å². The van der Waals surface area contributed by atoms with Crippen molar-refractivity contribution < 1.29 is 9.18 Å². The lowest BCUT2D eigenvalue weighted by Crippen LogP contribution is -2.52. The highest BCUT2D eigenvalue weighted by Gasteiger charge is 2.60. The van der Waals surface area contributed by atoms with Crippen LogP contribution >= 0.6 is 0 Å². The molecule has 0 aromatic carbocycles. The first-order valence-electron chi connectivity index (χ1n) is 3.87. The van der Waals surface area contributed by atoms with E-state index in [4.69, 9.17) is 5.73 Å². The maximum Gasteiger partial charge on any atom is 0.245 e. The number of amides is 1. The van der Waals surface area contributed by atoms with E-state index in [2.05, 4.69) is 0 Å². The molecule has 2 fully saturated rings. The topological polar surface area (TPSA) is 46.3 Å². The van der Waals surface area contributed by atoms with Crippen molar-refractivity contribution >= 4 is 5.91 Å². The molecule has 1 saturated carbocycles. The van der Waals surface area contributed by atoms with Gasteiger partial charge < -0.3 is 10.6 Å². The van der Waals surface area contributed by atoms with Gasteiger partial charge in [-0.25, -0.2) is 4.39 Å². The summed E-state index contributed by atoms with van der Waals surface area (Å²) in [6.45, 7) is 1.51. The molecule has 62 valence electrons. The largest absolute Gasteiger partial charge is 0.341 e. The van der Waals surface area contributed by atoms with E-state index in [1.54, 1.807) is 4.90 Å². The van der Waals surface area contributed by atoms with Crippen LogP contribution in [0.5, 0.6) is 0 Å². The van der Waals surface area contributed by atoms with Gasteiger partial charge in [-0.2, -0.15) is 0 Å². The number of carbonyl (C=O) groups excluding carboxylic acids is 1. The second-order valence-corrected chi connectivity index (χ2v) is 3.36. The third-order valence-corrected chi connectivity index (χ3v) is 2.46. The Bertz CT molecular complexity index is 205. The SMILES string of the molecule is N[C@@]1(C(=O)N2CCC2)C[C@H]1F. The van der Waals surface area contributed by atoms with E-state index in [0.29, 0.717) is 0 Å². The molecule has 0 aromatic rings. The molecule has 0 spiro atoms. The van der Waals surface area contributed by atoms with E-state index in [1.807, 2.05) is 0 Å². The number of rotatable bonds is 1. The highest BCUT2D eigenvalue weighted by molar-refractivity contribution is 5.91. The summed E-state index contributed by atoms with van der Waals surface area (Å²) in [5.74, 6) is -0.198. The Balaban J connectivity index is 1.99. The number of nitrogens with two attached hydrogens (primary N) is 1. The van der Waals surface area contributed by atoms with E-state index in [-0.39, 0.29) is 12.3 Å². The maximum absolute atomic E-state index is 12.6. The molecule has 0 unspecified atom stereocenters. The molecule has 0 aromatic heterocycles. The molecule has 2 atom stereocenters. The average Bonchev–Trinajstić information content (AvgIpc) is 2.38. The smallest absolute Gasteiger partial charge is 0.245 e. The minimum atomic E-state index is -1.14. The number of hydrogen-bond donors (Lipinski definition) is 1. The van der Waals surface area contributed by atoms with Gasteiger partial charge in [-0.3, -0.25) is 4.79 Å². The summed E-state index contributed by atoms with van der Waals surface area (Å²) in [6, 6.07) is 0. The molecule has 11 heavy (non-hydrogen) atoms. The number of nitrogens with zero attached hydrogens (tertiary/aromatic N) is 1. The quantitative estimate of drug-likeness (QED) is 0.567. The van der Waals surface area contributed by atoms with Gasteiger partial charge in [0.2, 0.25) is 5.91 Å². The molecule has 1 aliphatic heterocycles. The van der Waals surface area contributed by atoms with Crippen molar-refractivity contribution in [3.8, 4) is 0 Å². The summed E-state index contributed by atoms with van der Waals surface area (Å²) in [7, 11) is 0. The van der Waals surface area contributed by atoms with E-state index in [0.717, 1.165) is 19.5 Å². The lowest BCUT2D eigenvalue weighted by atomic mass is 10.1. The summed E-state index contributed by atoms with van der Waals surface area (Å²) in [5, 5.41) is 0. The third-order valence-electron chi connectivity index (χ3n) is 2.46. The summed E-state index contributed by atoms with van der Waals surface area (Å²) < 4.78 is 12.6. The van der Waals surface area contributed by atoms with Crippen LogP contribution in [0.15, 0.2) is 0 Å². The Morgan fingerprint density at radius 1 is 1.64 bits per heavy atom. The third kappa shape index (κ3) is 0.854. The predicted molar refractivity (Wildman–Crippen MR) is 37.6 cm³/mol. The Morgan fingerprint density at radius 2 is 2.18 bits per heavy atom. The number of hydrogen-bond acceptors (Lipinski definition) is 2. The monoisotopic (exact) mass is 158 g/mol. The van der Waals surface area contributed by atoms with Gasteiger partial charge in [-0.05, 0) is 6.42 Å². The van der Waals surface area contributed by atoms with Crippen molar-refractivity contribution in [2.24, 2.45) is 5.73 Å². The van der Waals surface area contributed by atoms with Crippen molar-refractivity contribution in [2.75, 3.05) is 13.1 Å². The molecule has 0 bridgehead atoms. The second-order valence-electron chi connectivity index (χ2n) is 3.36. The first kappa shape index (κ1) is 7.03. The van der Waals surface area contributed by atoms with Crippen molar-refractivity contribution in [3.63, 3.8) is 0 Å². The second kappa shape index (κ2) is 1.94. The van der Waals surface area contributed by atoms with E-state index < -0.39 is 11.7 Å². The molecule has 4 heteroatoms. The molecule has 0 radical (unpaired) electrons. The normalized spacial score (nSPS) is 41.6. The number of halogens is 1. The number of likely N-dealkylation sites (tertiary alicyclic amines) is 1. The Hall–Kier alpha value is -0.640. The van der Waals surface area contributed by atoms with Gasteiger partial charge in [-0.1, -0.05) is 0 Å². The van der Waals surface area contributed by atoms with Gasteiger partial charge in [0.25, 0.3) is 0 Å². The van der Waals surface area contributed by atoms with Crippen LogP contribution in [0.4, 0.5) is 4.39 Å². The standard InChI is InChI=1S/C7H11FN2O/c8-5-4-7(5,9)6(11)10-2-1-3-10/h5H,1-4,9H2/t5-,7+/m1/s1. The molecule has 1 saturated heterocycles. The highest BCUT2D eigenvalue weighted by atomic mass is 19.1.